The Bertz CT molecular complexity index is 1090. The first-order valence-electron chi connectivity index (χ1n) is 8.70. The Labute approximate surface area is 166 Å². The Morgan fingerprint density at radius 2 is 1.86 bits per heavy atom. The number of nitrogens with zero attached hydrogens (tertiary/aromatic N) is 5. The van der Waals surface area contributed by atoms with Gasteiger partial charge in [0.15, 0.2) is 0 Å². The van der Waals surface area contributed by atoms with Crippen LogP contribution in [0.15, 0.2) is 73.7 Å². The van der Waals surface area contributed by atoms with Crippen LogP contribution in [0.1, 0.15) is 10.4 Å². The number of nitrogens with one attached hydrogen (secondary N) is 2. The highest BCUT2D eigenvalue weighted by Gasteiger charge is 2.07. The number of methoxy groups -OCH3 is 1. The topological polar surface area (TPSA) is 107 Å². The van der Waals surface area contributed by atoms with Gasteiger partial charge in [0, 0.05) is 42.1 Å². The molecular formula is C20H17N7O2. The number of carbonyl (C=O) groups excluding carboxylic acids is 1. The van der Waals surface area contributed by atoms with Crippen molar-refractivity contribution in [1.29, 1.82) is 0 Å². The molecule has 9 heteroatoms. The number of aromatic nitrogens is 5. The van der Waals surface area contributed by atoms with Gasteiger partial charge in [0.25, 0.3) is 5.91 Å². The quantitative estimate of drug-likeness (QED) is 0.523. The lowest BCUT2D eigenvalue weighted by atomic mass is 10.2. The van der Waals surface area contributed by atoms with Gasteiger partial charge in [-0.25, -0.2) is 19.9 Å². The van der Waals surface area contributed by atoms with Gasteiger partial charge in [0.05, 0.1) is 12.7 Å². The molecule has 0 saturated carbocycles. The van der Waals surface area contributed by atoms with Gasteiger partial charge in [-0.15, -0.1) is 0 Å². The minimum Gasteiger partial charge on any atom is -0.481 e. The molecular weight excluding hydrogens is 370 g/mol. The number of pyridine rings is 1. The Hall–Kier alpha value is -4.27. The summed E-state index contributed by atoms with van der Waals surface area (Å²) in [6.07, 6.45) is 8.11. The van der Waals surface area contributed by atoms with Gasteiger partial charge in [0.2, 0.25) is 5.88 Å². The highest BCUT2D eigenvalue weighted by molar-refractivity contribution is 6.04. The van der Waals surface area contributed by atoms with E-state index in [0.717, 1.165) is 5.69 Å². The fraction of sp³-hybridized carbons (Fsp3) is 0.0500. The zero-order valence-corrected chi connectivity index (χ0v) is 15.5. The SMILES string of the molecule is COc1ccc(C(=O)Nc2ccc(Nc3cc(-n4ccnc4)ncn3)cc2)cn1. The van der Waals surface area contributed by atoms with Crippen LogP contribution in [0.25, 0.3) is 5.82 Å². The van der Waals surface area contributed by atoms with Crippen molar-refractivity contribution in [3.8, 4) is 11.7 Å². The third kappa shape index (κ3) is 4.35. The molecule has 0 saturated heterocycles. The molecule has 0 radical (unpaired) electrons. The summed E-state index contributed by atoms with van der Waals surface area (Å²) in [6, 6.07) is 12.4. The summed E-state index contributed by atoms with van der Waals surface area (Å²) in [7, 11) is 1.53. The summed E-state index contributed by atoms with van der Waals surface area (Å²) in [5.41, 5.74) is 1.93. The smallest absolute Gasteiger partial charge is 0.257 e. The number of anilines is 3. The van der Waals surface area contributed by atoms with Gasteiger partial charge in [-0.1, -0.05) is 0 Å². The summed E-state index contributed by atoms with van der Waals surface area (Å²) in [6.45, 7) is 0. The summed E-state index contributed by atoms with van der Waals surface area (Å²) < 4.78 is 6.79. The van der Waals surface area contributed by atoms with E-state index < -0.39 is 0 Å². The van der Waals surface area contributed by atoms with Gasteiger partial charge in [-0.05, 0) is 30.3 Å². The largest absolute Gasteiger partial charge is 0.481 e. The molecule has 0 bridgehead atoms. The highest BCUT2D eigenvalue weighted by Crippen LogP contribution is 2.19. The number of rotatable bonds is 6. The third-order valence-corrected chi connectivity index (χ3v) is 4.04. The van der Waals surface area contributed by atoms with E-state index in [0.29, 0.717) is 28.8 Å². The van der Waals surface area contributed by atoms with Crippen LogP contribution in [0.4, 0.5) is 17.2 Å². The van der Waals surface area contributed by atoms with Crippen molar-refractivity contribution in [3.63, 3.8) is 0 Å². The summed E-state index contributed by atoms with van der Waals surface area (Å²) in [5, 5.41) is 6.04. The lowest BCUT2D eigenvalue weighted by Crippen LogP contribution is -2.12. The Balaban J connectivity index is 1.41. The molecule has 0 fully saturated rings. The summed E-state index contributed by atoms with van der Waals surface area (Å²) >= 11 is 0. The second kappa shape index (κ2) is 8.17. The standard InChI is InChI=1S/C20H17N7O2/c1-29-19-7-2-14(11-22-19)20(28)26-16-5-3-15(4-6-16)25-17-10-18(24-12-23-17)27-9-8-21-13-27/h2-13H,1H3,(H,26,28)(H,23,24,25). The maximum absolute atomic E-state index is 12.3. The predicted molar refractivity (Wildman–Crippen MR) is 108 cm³/mol. The Morgan fingerprint density at radius 3 is 2.55 bits per heavy atom. The van der Waals surface area contributed by atoms with E-state index in [9.17, 15) is 4.79 Å². The van der Waals surface area contributed by atoms with Crippen molar-refractivity contribution in [3.05, 3.63) is 79.3 Å². The maximum Gasteiger partial charge on any atom is 0.257 e. The molecule has 0 atom stereocenters. The third-order valence-electron chi connectivity index (χ3n) is 4.04. The average Bonchev–Trinajstić information content (AvgIpc) is 3.30. The minimum absolute atomic E-state index is 0.248. The van der Waals surface area contributed by atoms with Crippen LogP contribution in [0, 0.1) is 0 Å². The minimum atomic E-state index is -0.248. The fourth-order valence-electron chi connectivity index (χ4n) is 2.57. The zero-order chi connectivity index (χ0) is 20.1. The molecule has 0 spiro atoms. The molecule has 0 unspecified atom stereocenters. The Morgan fingerprint density at radius 1 is 1.03 bits per heavy atom. The van der Waals surface area contributed by atoms with Crippen molar-refractivity contribution >= 4 is 23.1 Å². The number of benzene rings is 1. The summed E-state index contributed by atoms with van der Waals surface area (Å²) in [5.74, 6) is 1.56. The zero-order valence-electron chi connectivity index (χ0n) is 15.5. The normalized spacial score (nSPS) is 10.4. The van der Waals surface area contributed by atoms with Gasteiger partial charge in [-0.3, -0.25) is 9.36 Å². The monoisotopic (exact) mass is 387 g/mol. The second-order valence-electron chi connectivity index (χ2n) is 5.98. The van der Waals surface area contributed by atoms with Crippen LogP contribution < -0.4 is 15.4 Å². The molecule has 3 aromatic heterocycles. The van der Waals surface area contributed by atoms with Crippen molar-refractivity contribution in [2.45, 2.75) is 0 Å². The fourth-order valence-corrected chi connectivity index (χ4v) is 2.57. The van der Waals surface area contributed by atoms with Gasteiger partial charge < -0.3 is 15.4 Å². The van der Waals surface area contributed by atoms with Gasteiger partial charge in [0.1, 0.15) is 24.3 Å². The summed E-state index contributed by atoms with van der Waals surface area (Å²) in [4.78, 5) is 28.8. The molecule has 29 heavy (non-hydrogen) atoms. The number of hydrogen-bond donors (Lipinski definition) is 2. The van der Waals surface area contributed by atoms with Gasteiger partial charge in [-0.2, -0.15) is 0 Å². The van der Waals surface area contributed by atoms with Crippen LogP contribution >= 0.6 is 0 Å². The molecule has 9 nitrogen and oxygen atoms in total. The van der Waals surface area contributed by atoms with E-state index in [-0.39, 0.29) is 5.91 Å². The lowest BCUT2D eigenvalue weighted by Gasteiger charge is -2.09. The average molecular weight is 387 g/mol. The van der Waals surface area contributed by atoms with E-state index in [1.54, 1.807) is 41.4 Å². The van der Waals surface area contributed by atoms with Crippen molar-refractivity contribution in [2.75, 3.05) is 17.7 Å². The van der Waals surface area contributed by atoms with Crippen LogP contribution in [0.5, 0.6) is 5.88 Å². The number of imidazole rings is 1. The van der Waals surface area contributed by atoms with E-state index in [4.69, 9.17) is 4.74 Å². The first-order chi connectivity index (χ1) is 14.2. The molecule has 1 amide bonds. The number of carbonyl (C=O) groups is 1. The van der Waals surface area contributed by atoms with Crippen LogP contribution in [-0.4, -0.2) is 37.5 Å². The van der Waals surface area contributed by atoms with Crippen LogP contribution in [0.2, 0.25) is 0 Å². The second-order valence-corrected chi connectivity index (χ2v) is 5.98. The molecule has 3 heterocycles. The van der Waals surface area contributed by atoms with Crippen molar-refractivity contribution < 1.29 is 9.53 Å². The molecule has 144 valence electrons. The van der Waals surface area contributed by atoms with Crippen molar-refractivity contribution in [2.24, 2.45) is 0 Å². The maximum atomic E-state index is 12.3. The molecule has 1 aromatic carbocycles. The van der Waals surface area contributed by atoms with E-state index in [1.807, 2.05) is 24.4 Å². The van der Waals surface area contributed by atoms with E-state index >= 15 is 0 Å². The molecule has 4 aromatic rings. The molecule has 0 aliphatic rings. The molecule has 0 aliphatic carbocycles. The Kier molecular flexibility index (Phi) is 5.10. The lowest BCUT2D eigenvalue weighted by molar-refractivity contribution is 0.102. The van der Waals surface area contributed by atoms with Crippen molar-refractivity contribution in [1.82, 2.24) is 24.5 Å². The first-order valence-corrected chi connectivity index (χ1v) is 8.70. The number of amides is 1. The number of ether oxygens (including phenoxy) is 1. The first kappa shape index (κ1) is 18.1. The predicted octanol–water partition coefficient (Wildman–Crippen LogP) is 3.06. The molecule has 2 N–H and O–H groups in total. The van der Waals surface area contributed by atoms with E-state index in [1.165, 1.54) is 19.6 Å². The highest BCUT2D eigenvalue weighted by atomic mass is 16.5. The van der Waals surface area contributed by atoms with E-state index in [2.05, 4.69) is 30.6 Å². The van der Waals surface area contributed by atoms with Gasteiger partial charge >= 0.3 is 0 Å². The molecule has 0 aliphatic heterocycles. The molecule has 4 rings (SSSR count). The van der Waals surface area contributed by atoms with Crippen LogP contribution in [0.3, 0.4) is 0 Å². The van der Waals surface area contributed by atoms with Crippen LogP contribution in [-0.2, 0) is 0 Å². The number of hydrogen-bond acceptors (Lipinski definition) is 7.